The fraction of sp³-hybridized carbons (Fsp3) is 0.345. The lowest BCUT2D eigenvalue weighted by molar-refractivity contribution is -0.138. The van der Waals surface area contributed by atoms with E-state index in [1.807, 2.05) is 65.6 Å². The number of hydrogen-bond acceptors (Lipinski definition) is 5. The Hall–Kier alpha value is -3.26. The van der Waals surface area contributed by atoms with Gasteiger partial charge in [0, 0.05) is 56.9 Å². The van der Waals surface area contributed by atoms with Crippen molar-refractivity contribution in [2.75, 3.05) is 32.7 Å². The molecule has 1 fully saturated rings. The number of carbonyl (C=O) groups excluding carboxylic acids is 2. The van der Waals surface area contributed by atoms with Crippen molar-refractivity contribution in [2.45, 2.75) is 31.5 Å². The van der Waals surface area contributed by atoms with E-state index in [-0.39, 0.29) is 11.8 Å². The number of hydrogen-bond donors (Lipinski definition) is 2. The summed E-state index contributed by atoms with van der Waals surface area (Å²) >= 11 is 6.08. The second-order valence-corrected chi connectivity index (χ2v) is 10.1. The number of nitrogens with zero attached hydrogens (tertiary/aromatic N) is 3. The van der Waals surface area contributed by atoms with Crippen LogP contribution in [0.25, 0.3) is 0 Å². The summed E-state index contributed by atoms with van der Waals surface area (Å²) in [7, 11) is 0. The summed E-state index contributed by atoms with van der Waals surface area (Å²) in [6, 6.07) is 20.3. The number of fused-ring (bicyclic) bond motifs is 1. The van der Waals surface area contributed by atoms with E-state index in [2.05, 4.69) is 26.6 Å². The molecule has 0 aliphatic carbocycles. The van der Waals surface area contributed by atoms with Crippen molar-refractivity contribution in [2.24, 2.45) is 0 Å². The molecule has 5 rings (SSSR count). The Balaban J connectivity index is 1.28. The summed E-state index contributed by atoms with van der Waals surface area (Å²) in [5.74, 6) is -0.224. The number of benzene rings is 2. The summed E-state index contributed by atoms with van der Waals surface area (Å²) in [4.78, 5) is 35.8. The Morgan fingerprint density at radius 2 is 1.76 bits per heavy atom. The lowest BCUT2D eigenvalue weighted by Gasteiger charge is -2.37. The van der Waals surface area contributed by atoms with Crippen molar-refractivity contribution in [1.82, 2.24) is 25.4 Å². The van der Waals surface area contributed by atoms with Crippen molar-refractivity contribution < 1.29 is 9.59 Å². The van der Waals surface area contributed by atoms with Gasteiger partial charge in [0.2, 0.25) is 11.8 Å². The van der Waals surface area contributed by atoms with Crippen LogP contribution in [-0.4, -0.2) is 65.4 Å². The molecule has 2 atom stereocenters. The van der Waals surface area contributed by atoms with E-state index >= 15 is 0 Å². The minimum absolute atomic E-state index is 0.0510. The molecule has 1 saturated heterocycles. The summed E-state index contributed by atoms with van der Waals surface area (Å²) in [6.45, 7) is 4.25. The molecule has 7 nitrogen and oxygen atoms in total. The second-order valence-electron chi connectivity index (χ2n) is 9.65. The number of carbonyl (C=O) groups is 2. The van der Waals surface area contributed by atoms with Crippen LogP contribution in [0.2, 0.25) is 5.02 Å². The van der Waals surface area contributed by atoms with Crippen molar-refractivity contribution in [3.63, 3.8) is 0 Å². The fourth-order valence-corrected chi connectivity index (χ4v) is 5.24. The first-order valence-corrected chi connectivity index (χ1v) is 13.2. The van der Waals surface area contributed by atoms with Gasteiger partial charge in [0.25, 0.3) is 0 Å². The molecular weight excluding hydrogens is 486 g/mol. The predicted molar refractivity (Wildman–Crippen MR) is 144 cm³/mol. The van der Waals surface area contributed by atoms with E-state index < -0.39 is 12.1 Å². The zero-order valence-electron chi connectivity index (χ0n) is 20.8. The number of pyridine rings is 1. The largest absolute Gasteiger partial charge is 0.342 e. The van der Waals surface area contributed by atoms with E-state index in [0.717, 1.165) is 49.4 Å². The van der Waals surface area contributed by atoms with Crippen LogP contribution in [0, 0.1) is 0 Å². The lowest BCUT2D eigenvalue weighted by atomic mass is 9.93. The highest BCUT2D eigenvalue weighted by atomic mass is 35.5. The number of amides is 2. The first-order valence-electron chi connectivity index (χ1n) is 12.8. The topological polar surface area (TPSA) is 77.6 Å². The molecule has 1 unspecified atom stereocenters. The Labute approximate surface area is 222 Å². The van der Waals surface area contributed by atoms with Crippen LogP contribution < -0.4 is 10.6 Å². The highest BCUT2D eigenvalue weighted by molar-refractivity contribution is 6.30. The Kier molecular flexibility index (Phi) is 8.14. The van der Waals surface area contributed by atoms with Crippen molar-refractivity contribution in [1.29, 1.82) is 0 Å². The highest BCUT2D eigenvalue weighted by Crippen LogP contribution is 2.23. The molecule has 37 heavy (non-hydrogen) atoms. The molecule has 8 heteroatoms. The lowest BCUT2D eigenvalue weighted by Crippen LogP contribution is -2.56. The molecule has 2 aromatic carbocycles. The highest BCUT2D eigenvalue weighted by Gasteiger charge is 2.32. The van der Waals surface area contributed by atoms with Gasteiger partial charge in [-0.25, -0.2) is 0 Å². The van der Waals surface area contributed by atoms with Crippen LogP contribution in [-0.2, 0) is 29.0 Å². The fourth-order valence-electron chi connectivity index (χ4n) is 5.12. The quantitative estimate of drug-likeness (QED) is 0.504. The van der Waals surface area contributed by atoms with Gasteiger partial charge < -0.3 is 15.5 Å². The minimum atomic E-state index is -0.660. The molecule has 2 amide bonds. The van der Waals surface area contributed by atoms with Gasteiger partial charge in [-0.15, -0.1) is 0 Å². The summed E-state index contributed by atoms with van der Waals surface area (Å²) in [6.07, 6.45) is 3.10. The monoisotopic (exact) mass is 517 g/mol. The number of piperazine rings is 1. The Bertz CT molecular complexity index is 1210. The van der Waals surface area contributed by atoms with Crippen molar-refractivity contribution in [3.8, 4) is 0 Å². The maximum atomic E-state index is 13.7. The zero-order chi connectivity index (χ0) is 25.6. The number of nitrogens with one attached hydrogen (secondary N) is 2. The molecule has 3 aromatic rings. The van der Waals surface area contributed by atoms with Gasteiger partial charge in [0.1, 0.15) is 12.1 Å². The average Bonchev–Trinajstić information content (AvgIpc) is 2.94. The molecule has 0 bridgehead atoms. The number of aromatic nitrogens is 1. The van der Waals surface area contributed by atoms with Crippen molar-refractivity contribution >= 4 is 23.4 Å². The SMILES string of the molecule is O=C(N[C@H](Cc1ccc(Cl)cc1)C(=O)N1CCN(Cc2ccccn2)CC1)C1NCCc2ccccc21. The normalized spacial score (nSPS) is 18.6. The molecule has 1 aromatic heterocycles. The van der Waals surface area contributed by atoms with E-state index in [0.29, 0.717) is 24.5 Å². The molecular formula is C29H32ClN5O2. The summed E-state index contributed by atoms with van der Waals surface area (Å²) in [5.41, 5.74) is 4.13. The smallest absolute Gasteiger partial charge is 0.245 e. The first kappa shape index (κ1) is 25.4. The second kappa shape index (κ2) is 11.9. The summed E-state index contributed by atoms with van der Waals surface area (Å²) in [5, 5.41) is 7.06. The molecule has 0 spiro atoms. The molecule has 192 valence electrons. The average molecular weight is 518 g/mol. The van der Waals surface area contributed by atoms with Crippen LogP contribution in [0.3, 0.4) is 0 Å². The van der Waals surface area contributed by atoms with E-state index in [1.165, 1.54) is 5.56 Å². The van der Waals surface area contributed by atoms with Crippen LogP contribution >= 0.6 is 11.6 Å². The van der Waals surface area contributed by atoms with E-state index in [4.69, 9.17) is 11.6 Å². The molecule has 3 heterocycles. The predicted octanol–water partition coefficient (Wildman–Crippen LogP) is 2.99. The van der Waals surface area contributed by atoms with Gasteiger partial charge in [-0.2, -0.15) is 0 Å². The summed E-state index contributed by atoms with van der Waals surface area (Å²) < 4.78 is 0. The zero-order valence-corrected chi connectivity index (χ0v) is 21.5. The van der Waals surface area contributed by atoms with Crippen LogP contribution in [0.5, 0.6) is 0 Å². The van der Waals surface area contributed by atoms with Gasteiger partial charge in [-0.05, 0) is 47.4 Å². The van der Waals surface area contributed by atoms with Gasteiger partial charge >= 0.3 is 0 Å². The van der Waals surface area contributed by atoms with Gasteiger partial charge in [0.05, 0.1) is 5.69 Å². The van der Waals surface area contributed by atoms with Gasteiger partial charge in [0.15, 0.2) is 0 Å². The third kappa shape index (κ3) is 6.36. The number of rotatable bonds is 7. The molecule has 2 N–H and O–H groups in total. The maximum Gasteiger partial charge on any atom is 0.245 e. The van der Waals surface area contributed by atoms with Gasteiger partial charge in [-0.1, -0.05) is 54.1 Å². The third-order valence-corrected chi connectivity index (χ3v) is 7.39. The van der Waals surface area contributed by atoms with E-state index in [9.17, 15) is 9.59 Å². The maximum absolute atomic E-state index is 13.7. The molecule has 0 saturated carbocycles. The first-order chi connectivity index (χ1) is 18.1. The Morgan fingerprint density at radius 3 is 2.51 bits per heavy atom. The minimum Gasteiger partial charge on any atom is -0.342 e. The molecule has 2 aliphatic rings. The van der Waals surface area contributed by atoms with Gasteiger partial charge in [-0.3, -0.25) is 19.5 Å². The van der Waals surface area contributed by atoms with Crippen LogP contribution in [0.4, 0.5) is 0 Å². The van der Waals surface area contributed by atoms with Crippen LogP contribution in [0.1, 0.15) is 28.4 Å². The van der Waals surface area contributed by atoms with E-state index in [1.54, 1.807) is 6.20 Å². The molecule has 2 aliphatic heterocycles. The van der Waals surface area contributed by atoms with Crippen LogP contribution in [0.15, 0.2) is 72.9 Å². The number of halogens is 1. The van der Waals surface area contributed by atoms with Crippen molar-refractivity contribution in [3.05, 3.63) is 100 Å². The molecule has 0 radical (unpaired) electrons. The Morgan fingerprint density at radius 1 is 1.00 bits per heavy atom. The standard InChI is InChI=1S/C29H32ClN5O2/c30-23-10-8-21(9-11-23)19-26(33-28(36)27-25-7-2-1-5-22(25)12-14-32-27)29(37)35-17-15-34(16-18-35)20-24-6-3-4-13-31-24/h1-11,13,26-27,32H,12,14-20H2,(H,33,36)/t26-,27?/m1/s1. The third-order valence-electron chi connectivity index (χ3n) is 7.13.